The lowest BCUT2D eigenvalue weighted by Crippen LogP contribution is -2.23. The maximum absolute atomic E-state index is 12.8. The van der Waals surface area contributed by atoms with Crippen molar-refractivity contribution in [2.24, 2.45) is 10.2 Å². The number of aromatic nitrogens is 1. The molecule has 0 saturated heterocycles. The number of benzene rings is 3. The highest BCUT2D eigenvalue weighted by atomic mass is 127. The number of rotatable bonds is 5. The molecule has 4 rings (SSSR count). The molecule has 3 N–H and O–H groups in total. The normalized spacial score (nSPS) is 12.2. The second-order valence-corrected chi connectivity index (χ2v) is 10.7. The summed E-state index contributed by atoms with van der Waals surface area (Å²) in [4.78, 5) is 26.6. The molecular weight excluding hydrogens is 628 g/mol. The van der Waals surface area contributed by atoms with Crippen LogP contribution >= 0.6 is 22.6 Å². The van der Waals surface area contributed by atoms with Gasteiger partial charge in [0.1, 0.15) is 0 Å². The quantitative estimate of drug-likeness (QED) is 0.182. The van der Waals surface area contributed by atoms with Crippen LogP contribution < -0.4 is 5.32 Å². The Bertz CT molecular complexity index is 1670. The molecule has 0 aliphatic heterocycles. The monoisotopic (exact) mass is 642 g/mol. The number of hydrogen-bond donors (Lipinski definition) is 3. The standard InChI is InChI=1S/C23H14F3IN4O5S/c24-23(25,26)37(35,36)16-3-1-2-15(11-16)28-20(32)12-4-6-13(7-5-12)21(33)31-30-19-17-10-14(27)8-9-18(17)29-22(19)34/h1-11,29,34H,(H,28,32). The van der Waals surface area contributed by atoms with Gasteiger partial charge in [0.05, 0.1) is 10.4 Å². The predicted molar refractivity (Wildman–Crippen MR) is 136 cm³/mol. The van der Waals surface area contributed by atoms with Gasteiger partial charge in [-0.25, -0.2) is 8.42 Å². The van der Waals surface area contributed by atoms with Crippen molar-refractivity contribution >= 4 is 66.5 Å². The molecule has 0 spiro atoms. The molecule has 37 heavy (non-hydrogen) atoms. The van der Waals surface area contributed by atoms with Gasteiger partial charge in [0, 0.05) is 25.8 Å². The third kappa shape index (κ3) is 5.48. The van der Waals surface area contributed by atoms with Crippen molar-refractivity contribution in [2.45, 2.75) is 10.4 Å². The first-order chi connectivity index (χ1) is 17.4. The first kappa shape index (κ1) is 26.3. The fraction of sp³-hybridized carbons (Fsp3) is 0.0435. The van der Waals surface area contributed by atoms with Crippen LogP contribution in [-0.2, 0) is 9.84 Å². The van der Waals surface area contributed by atoms with Crippen LogP contribution in [0.4, 0.5) is 24.5 Å². The lowest BCUT2D eigenvalue weighted by molar-refractivity contribution is -0.0436. The smallest absolute Gasteiger partial charge is 0.493 e. The van der Waals surface area contributed by atoms with E-state index in [1.807, 2.05) is 6.07 Å². The number of H-pyrrole nitrogens is 1. The highest BCUT2D eigenvalue weighted by molar-refractivity contribution is 14.1. The summed E-state index contributed by atoms with van der Waals surface area (Å²) >= 11 is 2.09. The van der Waals surface area contributed by atoms with E-state index in [1.165, 1.54) is 30.3 Å². The molecule has 0 bridgehead atoms. The van der Waals surface area contributed by atoms with Gasteiger partial charge < -0.3 is 15.4 Å². The Balaban J connectivity index is 1.48. The van der Waals surface area contributed by atoms with Crippen molar-refractivity contribution in [1.82, 2.24) is 4.98 Å². The highest BCUT2D eigenvalue weighted by Crippen LogP contribution is 2.36. The van der Waals surface area contributed by atoms with Crippen LogP contribution in [0.25, 0.3) is 10.9 Å². The predicted octanol–water partition coefficient (Wildman–Crippen LogP) is 5.95. The molecule has 0 aliphatic rings. The number of sulfone groups is 1. The van der Waals surface area contributed by atoms with Crippen LogP contribution in [-0.4, -0.2) is 35.8 Å². The summed E-state index contributed by atoms with van der Waals surface area (Å²) in [7, 11) is -5.58. The minimum absolute atomic E-state index is 0.0430. The first-order valence-corrected chi connectivity index (χ1v) is 12.7. The fourth-order valence-corrected chi connectivity index (χ4v) is 4.53. The lowest BCUT2D eigenvalue weighted by atomic mass is 10.1. The summed E-state index contributed by atoms with van der Waals surface area (Å²) in [5, 5.41) is 20.4. The summed E-state index contributed by atoms with van der Waals surface area (Å²) in [6, 6.07) is 14.2. The van der Waals surface area contributed by atoms with E-state index in [4.69, 9.17) is 0 Å². The Kier molecular flexibility index (Phi) is 7.05. The number of hydrogen-bond acceptors (Lipinski definition) is 6. The van der Waals surface area contributed by atoms with Crippen molar-refractivity contribution in [3.63, 3.8) is 0 Å². The molecular formula is C23H14F3IN4O5S. The van der Waals surface area contributed by atoms with E-state index in [2.05, 4.69) is 43.1 Å². The molecule has 2 amide bonds. The number of aromatic hydroxyl groups is 1. The molecule has 0 radical (unpaired) electrons. The third-order valence-corrected chi connectivity index (χ3v) is 7.21. The zero-order valence-corrected chi connectivity index (χ0v) is 21.2. The van der Waals surface area contributed by atoms with E-state index in [0.29, 0.717) is 17.0 Å². The SMILES string of the molecule is O=C(N=Nc1c(O)[nH]c2ccc(I)cc12)c1ccc(C(=O)Nc2cccc(S(=O)(=O)C(F)(F)F)c2)cc1. The van der Waals surface area contributed by atoms with Gasteiger partial charge in [0.2, 0.25) is 5.88 Å². The Morgan fingerprint density at radius 2 is 1.65 bits per heavy atom. The Hall–Kier alpha value is -3.79. The third-order valence-electron chi connectivity index (χ3n) is 5.06. The molecule has 4 aromatic rings. The number of halogens is 4. The minimum atomic E-state index is -5.58. The van der Waals surface area contributed by atoms with Crippen molar-refractivity contribution in [3.8, 4) is 5.88 Å². The van der Waals surface area contributed by atoms with Gasteiger partial charge >= 0.3 is 5.51 Å². The average molecular weight is 642 g/mol. The molecule has 1 heterocycles. The van der Waals surface area contributed by atoms with Crippen LogP contribution in [0.1, 0.15) is 20.7 Å². The second-order valence-electron chi connectivity index (χ2n) is 7.53. The van der Waals surface area contributed by atoms with E-state index >= 15 is 0 Å². The van der Waals surface area contributed by atoms with E-state index in [9.17, 15) is 36.3 Å². The van der Waals surface area contributed by atoms with Crippen molar-refractivity contribution in [3.05, 3.63) is 81.4 Å². The Labute approximate surface area is 220 Å². The van der Waals surface area contributed by atoms with Crippen LogP contribution in [0.3, 0.4) is 0 Å². The molecule has 0 fully saturated rings. The van der Waals surface area contributed by atoms with Crippen LogP contribution in [0.2, 0.25) is 0 Å². The van der Waals surface area contributed by atoms with Crippen molar-refractivity contribution in [2.75, 3.05) is 5.32 Å². The Morgan fingerprint density at radius 3 is 2.32 bits per heavy atom. The molecule has 0 saturated carbocycles. The zero-order chi connectivity index (χ0) is 27.0. The molecule has 3 aromatic carbocycles. The van der Waals surface area contributed by atoms with Gasteiger partial charge in [-0.05, 0) is 83.3 Å². The van der Waals surface area contributed by atoms with E-state index in [1.54, 1.807) is 12.1 Å². The average Bonchev–Trinajstić information content (AvgIpc) is 3.16. The van der Waals surface area contributed by atoms with Gasteiger partial charge in [-0.3, -0.25) is 9.59 Å². The number of amides is 2. The topological polar surface area (TPSA) is 141 Å². The van der Waals surface area contributed by atoms with E-state index in [-0.39, 0.29) is 28.4 Å². The summed E-state index contributed by atoms with van der Waals surface area (Å²) in [5.41, 5.74) is -4.84. The lowest BCUT2D eigenvalue weighted by Gasteiger charge is -2.10. The fourth-order valence-electron chi connectivity index (χ4n) is 3.23. The van der Waals surface area contributed by atoms with Crippen molar-refractivity contribution < 1.29 is 36.3 Å². The summed E-state index contributed by atoms with van der Waals surface area (Å²) < 4.78 is 62.4. The minimum Gasteiger partial charge on any atom is -0.493 e. The molecule has 0 atom stereocenters. The molecule has 190 valence electrons. The first-order valence-electron chi connectivity index (χ1n) is 10.2. The zero-order valence-electron chi connectivity index (χ0n) is 18.2. The number of anilines is 1. The number of alkyl halides is 3. The molecule has 1 aromatic heterocycles. The number of nitrogens with one attached hydrogen (secondary N) is 2. The van der Waals surface area contributed by atoms with Gasteiger partial charge in [-0.2, -0.15) is 13.2 Å². The van der Waals surface area contributed by atoms with E-state index in [0.717, 1.165) is 15.7 Å². The largest absolute Gasteiger partial charge is 0.501 e. The van der Waals surface area contributed by atoms with Crippen molar-refractivity contribution in [1.29, 1.82) is 0 Å². The molecule has 9 nitrogen and oxygen atoms in total. The van der Waals surface area contributed by atoms with Gasteiger partial charge in [0.15, 0.2) is 5.69 Å². The number of azo groups is 1. The summed E-state index contributed by atoms with van der Waals surface area (Å²) in [5.74, 6) is -1.76. The van der Waals surface area contributed by atoms with Crippen LogP contribution in [0.15, 0.2) is 81.9 Å². The number of aromatic amines is 1. The number of fused-ring (bicyclic) bond motifs is 1. The highest BCUT2D eigenvalue weighted by Gasteiger charge is 2.46. The number of carbonyl (C=O) groups is 2. The molecule has 0 aliphatic carbocycles. The molecule has 0 unspecified atom stereocenters. The number of nitrogens with zero attached hydrogens (tertiary/aromatic N) is 2. The summed E-state index contributed by atoms with van der Waals surface area (Å²) in [6.45, 7) is 0. The van der Waals surface area contributed by atoms with Crippen LogP contribution in [0, 0.1) is 3.57 Å². The summed E-state index contributed by atoms with van der Waals surface area (Å²) in [6.07, 6.45) is 0. The van der Waals surface area contributed by atoms with Gasteiger partial charge in [-0.15, -0.1) is 10.2 Å². The second kappa shape index (κ2) is 9.93. The number of carbonyl (C=O) groups excluding carboxylic acids is 2. The van der Waals surface area contributed by atoms with Gasteiger partial charge in [-0.1, -0.05) is 6.07 Å². The maximum Gasteiger partial charge on any atom is 0.501 e. The van der Waals surface area contributed by atoms with E-state index < -0.39 is 32.1 Å². The Morgan fingerprint density at radius 1 is 0.973 bits per heavy atom. The maximum atomic E-state index is 12.8. The van der Waals surface area contributed by atoms with Gasteiger partial charge in [0.25, 0.3) is 21.7 Å². The van der Waals surface area contributed by atoms with Crippen LogP contribution in [0.5, 0.6) is 5.88 Å². The molecule has 14 heteroatoms.